The summed E-state index contributed by atoms with van der Waals surface area (Å²) < 4.78 is 2.00. The molecule has 0 saturated heterocycles. The Morgan fingerprint density at radius 3 is 2.52 bits per heavy atom. The SMILES string of the molecule is Cc1nn(-c2ccccc2)c(C)c1C[NH+](C)[C@H](C)c1nc2ccccc2c(=O)[nH]1. The lowest BCUT2D eigenvalue weighted by Crippen LogP contribution is -3.07. The van der Waals surface area contributed by atoms with Crippen molar-refractivity contribution in [3.05, 3.63) is 87.7 Å². The van der Waals surface area contributed by atoms with Crippen LogP contribution in [0.3, 0.4) is 0 Å². The maximum absolute atomic E-state index is 12.4. The van der Waals surface area contributed by atoms with Crippen molar-refractivity contribution in [3.63, 3.8) is 0 Å². The van der Waals surface area contributed by atoms with Gasteiger partial charge in [-0.1, -0.05) is 30.3 Å². The summed E-state index contributed by atoms with van der Waals surface area (Å²) in [5.41, 5.74) is 5.09. The molecule has 2 heterocycles. The smallest absolute Gasteiger partial charge is 0.258 e. The number of hydrogen-bond acceptors (Lipinski definition) is 3. The van der Waals surface area contributed by atoms with Gasteiger partial charge in [-0.25, -0.2) is 9.67 Å². The van der Waals surface area contributed by atoms with Gasteiger partial charge in [-0.15, -0.1) is 0 Å². The molecule has 148 valence electrons. The third kappa shape index (κ3) is 3.59. The number of benzene rings is 2. The molecule has 2 aromatic carbocycles. The number of aromatic nitrogens is 4. The lowest BCUT2D eigenvalue weighted by Gasteiger charge is -2.21. The number of rotatable bonds is 5. The fraction of sp³-hybridized carbons (Fsp3) is 0.261. The molecule has 2 N–H and O–H groups in total. The number of nitrogens with one attached hydrogen (secondary N) is 2. The quantitative estimate of drug-likeness (QED) is 0.552. The van der Waals surface area contributed by atoms with E-state index < -0.39 is 0 Å². The van der Waals surface area contributed by atoms with E-state index in [0.29, 0.717) is 11.2 Å². The Bertz CT molecular complexity index is 1210. The zero-order valence-corrected chi connectivity index (χ0v) is 17.2. The summed E-state index contributed by atoms with van der Waals surface area (Å²) in [5.74, 6) is 0.706. The van der Waals surface area contributed by atoms with Crippen molar-refractivity contribution in [3.8, 4) is 5.69 Å². The second-order valence-electron chi connectivity index (χ2n) is 7.61. The Morgan fingerprint density at radius 1 is 1.07 bits per heavy atom. The first-order valence-electron chi connectivity index (χ1n) is 9.87. The van der Waals surface area contributed by atoms with Crippen molar-refractivity contribution in [2.24, 2.45) is 0 Å². The van der Waals surface area contributed by atoms with E-state index in [0.717, 1.165) is 29.1 Å². The van der Waals surface area contributed by atoms with Crippen LogP contribution in [-0.2, 0) is 6.54 Å². The molecule has 0 fully saturated rings. The third-order valence-electron chi connectivity index (χ3n) is 5.68. The van der Waals surface area contributed by atoms with Crippen LogP contribution in [0, 0.1) is 13.8 Å². The molecule has 6 heteroatoms. The molecule has 0 spiro atoms. The highest BCUT2D eigenvalue weighted by Crippen LogP contribution is 2.17. The Balaban J connectivity index is 1.62. The Kier molecular flexibility index (Phi) is 5.03. The van der Waals surface area contributed by atoms with Crippen LogP contribution in [0.1, 0.15) is 35.7 Å². The number of aromatic amines is 1. The van der Waals surface area contributed by atoms with Gasteiger partial charge < -0.3 is 9.88 Å². The predicted molar refractivity (Wildman–Crippen MR) is 114 cm³/mol. The number of H-pyrrole nitrogens is 1. The first-order chi connectivity index (χ1) is 14.0. The monoisotopic (exact) mass is 388 g/mol. The third-order valence-corrected chi connectivity index (χ3v) is 5.68. The van der Waals surface area contributed by atoms with Crippen LogP contribution in [0.2, 0.25) is 0 Å². The molecule has 0 aliphatic rings. The van der Waals surface area contributed by atoms with E-state index in [1.165, 1.54) is 10.5 Å². The Labute approximate surface area is 169 Å². The number of fused-ring (bicyclic) bond motifs is 1. The minimum atomic E-state index is -0.0884. The number of para-hydroxylation sites is 2. The van der Waals surface area contributed by atoms with E-state index in [1.807, 2.05) is 41.1 Å². The van der Waals surface area contributed by atoms with Crippen LogP contribution >= 0.6 is 0 Å². The van der Waals surface area contributed by atoms with E-state index in [1.54, 1.807) is 6.07 Å². The molecule has 0 aliphatic carbocycles. The second kappa shape index (κ2) is 7.64. The normalized spacial score (nSPS) is 13.5. The van der Waals surface area contributed by atoms with Crippen LogP contribution in [-0.4, -0.2) is 26.8 Å². The van der Waals surface area contributed by atoms with Crippen molar-refractivity contribution in [1.82, 2.24) is 19.7 Å². The zero-order valence-electron chi connectivity index (χ0n) is 17.2. The van der Waals surface area contributed by atoms with Gasteiger partial charge in [-0.2, -0.15) is 5.10 Å². The highest BCUT2D eigenvalue weighted by Gasteiger charge is 2.23. The summed E-state index contributed by atoms with van der Waals surface area (Å²) in [6.07, 6.45) is 0. The van der Waals surface area contributed by atoms with Crippen molar-refractivity contribution in [2.75, 3.05) is 7.05 Å². The molecule has 0 amide bonds. The lowest BCUT2D eigenvalue weighted by molar-refractivity contribution is -0.924. The van der Waals surface area contributed by atoms with Gasteiger partial charge in [0.25, 0.3) is 5.56 Å². The molecule has 0 saturated carbocycles. The highest BCUT2D eigenvalue weighted by molar-refractivity contribution is 5.77. The molecule has 2 atom stereocenters. The van der Waals surface area contributed by atoms with Crippen LogP contribution in [0.15, 0.2) is 59.4 Å². The predicted octanol–water partition coefficient (Wildman–Crippen LogP) is 2.50. The van der Waals surface area contributed by atoms with E-state index in [4.69, 9.17) is 10.1 Å². The van der Waals surface area contributed by atoms with Gasteiger partial charge in [0.05, 0.1) is 40.6 Å². The molecule has 0 bridgehead atoms. The Morgan fingerprint density at radius 2 is 1.76 bits per heavy atom. The minimum absolute atomic E-state index is 0.0335. The van der Waals surface area contributed by atoms with Gasteiger partial charge in [0.2, 0.25) is 0 Å². The Hall–Kier alpha value is -3.25. The summed E-state index contributed by atoms with van der Waals surface area (Å²) >= 11 is 0. The standard InChI is InChI=1S/C23H25N5O/c1-15-20(16(2)28(26-15)18-10-6-5-7-11-18)14-27(4)17(3)22-24-21-13-9-8-12-19(21)23(29)25-22/h5-13,17H,14H2,1-4H3,(H,24,25,29)/p+1/t17-/m1/s1. The van der Waals surface area contributed by atoms with Gasteiger partial charge in [-0.3, -0.25) is 4.79 Å². The van der Waals surface area contributed by atoms with Crippen molar-refractivity contribution < 1.29 is 4.90 Å². The average Bonchev–Trinajstić information content (AvgIpc) is 3.02. The molecule has 6 nitrogen and oxygen atoms in total. The summed E-state index contributed by atoms with van der Waals surface area (Å²) in [5, 5.41) is 5.37. The molecule has 4 aromatic rings. The molecule has 1 unspecified atom stereocenters. The van der Waals surface area contributed by atoms with Crippen molar-refractivity contribution in [2.45, 2.75) is 33.4 Å². The summed E-state index contributed by atoms with van der Waals surface area (Å²) in [7, 11) is 2.12. The summed E-state index contributed by atoms with van der Waals surface area (Å²) in [6, 6.07) is 17.7. The maximum atomic E-state index is 12.4. The molecule has 4 rings (SSSR count). The van der Waals surface area contributed by atoms with E-state index in [2.05, 4.69) is 44.9 Å². The van der Waals surface area contributed by atoms with Crippen molar-refractivity contribution >= 4 is 10.9 Å². The van der Waals surface area contributed by atoms with Gasteiger partial charge in [-0.05, 0) is 45.0 Å². The first kappa shape index (κ1) is 19.1. The van der Waals surface area contributed by atoms with Crippen LogP contribution in [0.4, 0.5) is 0 Å². The topological polar surface area (TPSA) is 68.0 Å². The fourth-order valence-corrected chi connectivity index (χ4v) is 3.73. The zero-order chi connectivity index (χ0) is 20.5. The van der Waals surface area contributed by atoms with E-state index in [9.17, 15) is 4.79 Å². The number of aryl methyl sites for hydroxylation is 1. The fourth-order valence-electron chi connectivity index (χ4n) is 3.73. The van der Waals surface area contributed by atoms with Gasteiger partial charge >= 0.3 is 0 Å². The van der Waals surface area contributed by atoms with Crippen molar-refractivity contribution in [1.29, 1.82) is 0 Å². The van der Waals surface area contributed by atoms with E-state index in [-0.39, 0.29) is 11.6 Å². The lowest BCUT2D eigenvalue weighted by atomic mass is 10.1. The first-order valence-corrected chi connectivity index (χ1v) is 9.87. The van der Waals surface area contributed by atoms with Crippen LogP contribution in [0.25, 0.3) is 16.6 Å². The van der Waals surface area contributed by atoms with Gasteiger partial charge in [0.1, 0.15) is 12.6 Å². The molecule has 0 aliphatic heterocycles. The molecule has 2 aromatic heterocycles. The highest BCUT2D eigenvalue weighted by atomic mass is 16.1. The summed E-state index contributed by atoms with van der Waals surface area (Å²) in [4.78, 5) is 21.3. The summed E-state index contributed by atoms with van der Waals surface area (Å²) in [6.45, 7) is 7.04. The second-order valence-corrected chi connectivity index (χ2v) is 7.61. The van der Waals surface area contributed by atoms with Gasteiger partial charge in [0.15, 0.2) is 5.82 Å². The van der Waals surface area contributed by atoms with Crippen LogP contribution in [0.5, 0.6) is 0 Å². The molecule has 0 radical (unpaired) electrons. The van der Waals surface area contributed by atoms with E-state index >= 15 is 0 Å². The van der Waals surface area contributed by atoms with Crippen LogP contribution < -0.4 is 10.5 Å². The molecular formula is C23H26N5O+. The number of nitrogens with zero attached hydrogens (tertiary/aromatic N) is 3. The number of hydrogen-bond donors (Lipinski definition) is 2. The average molecular weight is 388 g/mol. The minimum Gasteiger partial charge on any atom is -0.325 e. The molecular weight excluding hydrogens is 362 g/mol. The number of quaternary nitrogens is 1. The molecule has 29 heavy (non-hydrogen) atoms. The maximum Gasteiger partial charge on any atom is 0.258 e. The largest absolute Gasteiger partial charge is 0.325 e. The van der Waals surface area contributed by atoms with Gasteiger partial charge in [0, 0.05) is 0 Å².